The molecule has 11 heteroatoms. The number of hydrogen-bond donors (Lipinski definition) is 1. The normalized spacial score (nSPS) is 10.5. The van der Waals surface area contributed by atoms with Gasteiger partial charge >= 0.3 is 11.7 Å². The zero-order chi connectivity index (χ0) is 20.5. The van der Waals surface area contributed by atoms with Gasteiger partial charge in [0, 0.05) is 12.3 Å². The lowest BCUT2D eigenvalue weighted by Crippen LogP contribution is -2.14. The van der Waals surface area contributed by atoms with Crippen LogP contribution in [0.3, 0.4) is 0 Å². The first-order valence-corrected chi connectivity index (χ1v) is 9.08. The molecule has 0 saturated heterocycles. The van der Waals surface area contributed by atoms with Gasteiger partial charge in [-0.1, -0.05) is 0 Å². The fourth-order valence-corrected chi connectivity index (χ4v) is 2.83. The fraction of sp³-hybridized carbons (Fsp3) is 0.235. The molecule has 10 nitrogen and oxygen atoms in total. The molecule has 0 amide bonds. The Morgan fingerprint density at radius 3 is 2.89 bits per heavy atom. The fourth-order valence-electron chi connectivity index (χ4n) is 2.05. The molecule has 0 saturated carbocycles. The first-order chi connectivity index (χ1) is 13.5. The van der Waals surface area contributed by atoms with Crippen molar-refractivity contribution in [1.82, 2.24) is 4.98 Å². The third kappa shape index (κ3) is 5.77. The van der Waals surface area contributed by atoms with Gasteiger partial charge in [0.2, 0.25) is 5.82 Å². The largest absolute Gasteiger partial charge is 0.490 e. The van der Waals surface area contributed by atoms with E-state index in [9.17, 15) is 14.9 Å². The van der Waals surface area contributed by atoms with E-state index >= 15 is 0 Å². The molecule has 1 aromatic carbocycles. The molecule has 0 bridgehead atoms. The Bertz CT molecular complexity index is 890. The number of rotatable bonds is 9. The lowest BCUT2D eigenvalue weighted by molar-refractivity contribution is -0.384. The monoisotopic (exact) mass is 500 g/mol. The van der Waals surface area contributed by atoms with Crippen molar-refractivity contribution >= 4 is 46.3 Å². The lowest BCUT2D eigenvalue weighted by atomic mass is 10.2. The minimum atomic E-state index is -0.547. The summed E-state index contributed by atoms with van der Waals surface area (Å²) in [6.45, 7) is 1.97. The molecule has 148 valence electrons. The van der Waals surface area contributed by atoms with Gasteiger partial charge in [-0.3, -0.25) is 15.5 Å². The molecule has 0 radical (unpaired) electrons. The average Bonchev–Trinajstić information content (AvgIpc) is 2.67. The SMILES string of the molecule is CCOc1cc(/C=N\Nc2ncccc2[N+](=O)[O-])cc(I)c1OCC(=O)OC. The van der Waals surface area contributed by atoms with Crippen molar-refractivity contribution in [1.29, 1.82) is 0 Å². The number of hydrazone groups is 1. The number of aromatic nitrogens is 1. The average molecular weight is 500 g/mol. The topological polar surface area (TPSA) is 125 Å². The summed E-state index contributed by atoms with van der Waals surface area (Å²) in [5.74, 6) is 0.369. The number of esters is 1. The van der Waals surface area contributed by atoms with E-state index in [4.69, 9.17) is 9.47 Å². The third-order valence-corrected chi connectivity index (χ3v) is 4.06. The van der Waals surface area contributed by atoms with Crippen LogP contribution in [0.25, 0.3) is 0 Å². The highest BCUT2D eigenvalue weighted by Crippen LogP contribution is 2.34. The minimum absolute atomic E-state index is 0.0292. The van der Waals surface area contributed by atoms with Crippen molar-refractivity contribution in [3.63, 3.8) is 0 Å². The van der Waals surface area contributed by atoms with Crippen molar-refractivity contribution in [3.05, 3.63) is 49.7 Å². The van der Waals surface area contributed by atoms with Gasteiger partial charge in [-0.2, -0.15) is 5.10 Å². The number of halogens is 1. The number of carbonyl (C=O) groups is 1. The molecule has 0 aliphatic carbocycles. The molecular formula is C17H17IN4O6. The summed E-state index contributed by atoms with van der Waals surface area (Å²) in [6, 6.07) is 6.23. The van der Waals surface area contributed by atoms with Crippen LogP contribution in [0.1, 0.15) is 12.5 Å². The number of methoxy groups -OCH3 is 1. The molecular weight excluding hydrogens is 483 g/mol. The summed E-state index contributed by atoms with van der Waals surface area (Å²) < 4.78 is 16.3. The van der Waals surface area contributed by atoms with E-state index in [-0.39, 0.29) is 18.1 Å². The second-order valence-electron chi connectivity index (χ2n) is 5.13. The molecule has 0 aliphatic rings. The number of anilines is 1. The van der Waals surface area contributed by atoms with Gasteiger partial charge < -0.3 is 14.2 Å². The molecule has 1 aromatic heterocycles. The van der Waals surface area contributed by atoms with E-state index in [2.05, 4.69) is 20.2 Å². The van der Waals surface area contributed by atoms with Gasteiger partial charge in [0.1, 0.15) is 0 Å². The van der Waals surface area contributed by atoms with Crippen molar-refractivity contribution in [2.75, 3.05) is 25.7 Å². The molecule has 0 aliphatic heterocycles. The van der Waals surface area contributed by atoms with Crippen LogP contribution >= 0.6 is 22.6 Å². The van der Waals surface area contributed by atoms with E-state index in [0.717, 1.165) is 0 Å². The van der Waals surface area contributed by atoms with E-state index < -0.39 is 10.9 Å². The molecule has 28 heavy (non-hydrogen) atoms. The van der Waals surface area contributed by atoms with Crippen LogP contribution in [0.4, 0.5) is 11.5 Å². The van der Waals surface area contributed by atoms with E-state index in [1.54, 1.807) is 12.1 Å². The number of benzene rings is 1. The molecule has 0 fully saturated rings. The Hall–Kier alpha value is -2.96. The van der Waals surface area contributed by atoms with Crippen LogP contribution in [0, 0.1) is 13.7 Å². The van der Waals surface area contributed by atoms with Crippen LogP contribution in [-0.4, -0.2) is 42.4 Å². The summed E-state index contributed by atoms with van der Waals surface area (Å²) in [5.41, 5.74) is 3.03. The molecule has 0 unspecified atom stereocenters. The predicted molar refractivity (Wildman–Crippen MR) is 110 cm³/mol. The Balaban J connectivity index is 2.21. The maximum absolute atomic E-state index is 11.3. The minimum Gasteiger partial charge on any atom is -0.490 e. The van der Waals surface area contributed by atoms with Crippen molar-refractivity contribution in [2.45, 2.75) is 6.92 Å². The number of ether oxygens (including phenoxy) is 3. The van der Waals surface area contributed by atoms with Gasteiger partial charge in [-0.15, -0.1) is 0 Å². The first-order valence-electron chi connectivity index (χ1n) is 8.00. The van der Waals surface area contributed by atoms with Crippen LogP contribution in [0.15, 0.2) is 35.6 Å². The Labute approximate surface area is 174 Å². The standard InChI is InChI=1S/C17H17IN4O6/c1-3-27-14-8-11(7-12(18)16(14)28-10-15(23)26-2)9-20-21-17-13(22(24)25)5-4-6-19-17/h4-9H,3,10H2,1-2H3,(H,19,21)/b20-9-. The molecule has 2 rings (SSSR count). The summed E-state index contributed by atoms with van der Waals surface area (Å²) in [7, 11) is 1.28. The van der Waals surface area contributed by atoms with Crippen molar-refractivity contribution in [3.8, 4) is 11.5 Å². The molecule has 0 atom stereocenters. The summed E-state index contributed by atoms with van der Waals surface area (Å²) >= 11 is 2.05. The van der Waals surface area contributed by atoms with Gasteiger partial charge in [0.25, 0.3) is 0 Å². The number of nitrogens with zero attached hydrogens (tertiary/aromatic N) is 3. The Kier molecular flexibility index (Phi) is 7.92. The van der Waals surface area contributed by atoms with Gasteiger partial charge in [0.05, 0.1) is 28.4 Å². The molecule has 2 aromatic rings. The number of nitro groups is 1. The summed E-state index contributed by atoms with van der Waals surface area (Å²) in [5, 5.41) is 15.0. The van der Waals surface area contributed by atoms with E-state index in [0.29, 0.717) is 27.2 Å². The predicted octanol–water partition coefficient (Wildman–Crippen LogP) is 2.99. The molecule has 1 N–H and O–H groups in total. The van der Waals surface area contributed by atoms with Crippen LogP contribution in [0.2, 0.25) is 0 Å². The van der Waals surface area contributed by atoms with Crippen LogP contribution < -0.4 is 14.9 Å². The maximum atomic E-state index is 11.3. The van der Waals surface area contributed by atoms with Crippen LogP contribution in [-0.2, 0) is 9.53 Å². The Morgan fingerprint density at radius 2 is 2.21 bits per heavy atom. The van der Waals surface area contributed by atoms with Crippen molar-refractivity contribution < 1.29 is 23.9 Å². The zero-order valence-electron chi connectivity index (χ0n) is 15.0. The van der Waals surface area contributed by atoms with Gasteiger partial charge in [0.15, 0.2) is 18.1 Å². The van der Waals surface area contributed by atoms with Gasteiger partial charge in [-0.25, -0.2) is 9.78 Å². The maximum Gasteiger partial charge on any atom is 0.343 e. The highest BCUT2D eigenvalue weighted by atomic mass is 127. The van der Waals surface area contributed by atoms with E-state index in [1.807, 2.05) is 29.5 Å². The third-order valence-electron chi connectivity index (χ3n) is 3.26. The molecule has 1 heterocycles. The quantitative estimate of drug-likeness (QED) is 0.183. The van der Waals surface area contributed by atoms with E-state index in [1.165, 1.54) is 31.7 Å². The number of carbonyl (C=O) groups excluding carboxylic acids is 1. The second-order valence-corrected chi connectivity index (χ2v) is 6.29. The summed E-state index contributed by atoms with van der Waals surface area (Å²) in [6.07, 6.45) is 2.89. The van der Waals surface area contributed by atoms with Crippen LogP contribution in [0.5, 0.6) is 11.5 Å². The van der Waals surface area contributed by atoms with Crippen molar-refractivity contribution in [2.24, 2.45) is 5.10 Å². The first kappa shape index (κ1) is 21.3. The molecule has 0 spiro atoms. The highest BCUT2D eigenvalue weighted by Gasteiger charge is 2.15. The lowest BCUT2D eigenvalue weighted by Gasteiger charge is -2.14. The summed E-state index contributed by atoms with van der Waals surface area (Å²) in [4.78, 5) is 25.7. The highest BCUT2D eigenvalue weighted by molar-refractivity contribution is 14.1. The number of pyridine rings is 1. The number of nitrogens with one attached hydrogen (secondary N) is 1. The second kappa shape index (κ2) is 10.4. The van der Waals surface area contributed by atoms with Gasteiger partial charge in [-0.05, 0) is 53.3 Å². The zero-order valence-corrected chi connectivity index (χ0v) is 17.2. The Morgan fingerprint density at radius 1 is 1.43 bits per heavy atom. The number of hydrogen-bond acceptors (Lipinski definition) is 9. The smallest absolute Gasteiger partial charge is 0.343 e.